The van der Waals surface area contributed by atoms with Crippen LogP contribution in [0.5, 0.6) is 0 Å². The molecule has 0 bridgehead atoms. The predicted octanol–water partition coefficient (Wildman–Crippen LogP) is 0.444. The number of amides is 1. The molecule has 3 rings (SSSR count). The molecule has 0 saturated carbocycles. The molecule has 0 spiro atoms. The number of nitrogens with zero attached hydrogens (tertiary/aromatic N) is 5. The zero-order valence-electron chi connectivity index (χ0n) is 12.4. The van der Waals surface area contributed by atoms with E-state index in [9.17, 15) is 4.79 Å². The van der Waals surface area contributed by atoms with E-state index in [4.69, 9.17) is 0 Å². The first-order valence-electron chi connectivity index (χ1n) is 8.05. The van der Waals surface area contributed by atoms with Crippen LogP contribution in [-0.2, 0) is 11.3 Å². The average molecular weight is 292 g/mol. The van der Waals surface area contributed by atoms with E-state index in [0.717, 1.165) is 32.5 Å². The van der Waals surface area contributed by atoms with Gasteiger partial charge >= 0.3 is 0 Å². The Kier molecular flexibility index (Phi) is 4.80. The fraction of sp³-hybridized carbons (Fsp3) is 0.857. The highest BCUT2D eigenvalue weighted by Gasteiger charge is 2.32. The Hall–Kier alpha value is -1.50. The quantitative estimate of drug-likeness (QED) is 0.875. The van der Waals surface area contributed by atoms with Crippen molar-refractivity contribution in [3.05, 3.63) is 6.33 Å². The van der Waals surface area contributed by atoms with Crippen LogP contribution in [-0.4, -0.2) is 56.7 Å². The second-order valence-corrected chi connectivity index (χ2v) is 6.10. The summed E-state index contributed by atoms with van der Waals surface area (Å²) in [5, 5.41) is 14.4. The van der Waals surface area contributed by atoms with E-state index in [0.29, 0.717) is 12.0 Å². The molecule has 0 aromatic carbocycles. The smallest absolute Gasteiger partial charge is 0.244 e. The minimum atomic E-state index is 0.160. The number of carbonyl (C=O) groups is 1. The molecule has 1 aromatic heterocycles. The number of piperidine rings is 1. The predicted molar refractivity (Wildman–Crippen MR) is 77.4 cm³/mol. The fourth-order valence-electron chi connectivity index (χ4n) is 3.65. The molecule has 3 heterocycles. The molecule has 0 aliphatic carbocycles. The summed E-state index contributed by atoms with van der Waals surface area (Å²) in [5.41, 5.74) is 0. The zero-order chi connectivity index (χ0) is 14.5. The van der Waals surface area contributed by atoms with E-state index in [1.54, 1.807) is 0 Å². The van der Waals surface area contributed by atoms with E-state index in [1.165, 1.54) is 36.7 Å². The second kappa shape index (κ2) is 6.98. The fourth-order valence-corrected chi connectivity index (χ4v) is 3.65. The van der Waals surface area contributed by atoms with Gasteiger partial charge in [-0.1, -0.05) is 12.8 Å². The van der Waals surface area contributed by atoms with Gasteiger partial charge in [0.05, 0.1) is 0 Å². The molecule has 1 unspecified atom stereocenters. The van der Waals surface area contributed by atoms with Gasteiger partial charge in [-0.3, -0.25) is 4.79 Å². The number of hydrogen-bond donors (Lipinski definition) is 1. The lowest BCUT2D eigenvalue weighted by Crippen LogP contribution is -2.48. The molecular weight excluding hydrogens is 268 g/mol. The van der Waals surface area contributed by atoms with Crippen molar-refractivity contribution in [3.8, 4) is 0 Å². The van der Waals surface area contributed by atoms with Gasteiger partial charge in [-0.15, -0.1) is 5.10 Å². The molecule has 2 fully saturated rings. The highest BCUT2D eigenvalue weighted by Crippen LogP contribution is 2.28. The highest BCUT2D eigenvalue weighted by molar-refractivity contribution is 5.76. The Bertz CT molecular complexity index is 442. The molecule has 1 amide bonds. The lowest BCUT2D eigenvalue weighted by molar-refractivity contribution is -0.135. The van der Waals surface area contributed by atoms with Crippen molar-refractivity contribution in [2.75, 3.05) is 19.6 Å². The van der Waals surface area contributed by atoms with Gasteiger partial charge in [-0.2, -0.15) is 0 Å². The van der Waals surface area contributed by atoms with Gasteiger partial charge in [0.1, 0.15) is 12.9 Å². The highest BCUT2D eigenvalue weighted by atomic mass is 16.2. The average Bonchev–Trinajstić information content (AvgIpc) is 2.89. The maximum Gasteiger partial charge on any atom is 0.244 e. The van der Waals surface area contributed by atoms with E-state index in [-0.39, 0.29) is 12.5 Å². The molecule has 7 heteroatoms. The second-order valence-electron chi connectivity index (χ2n) is 6.10. The monoisotopic (exact) mass is 292 g/mol. The lowest BCUT2D eigenvalue weighted by Gasteiger charge is -2.38. The minimum Gasteiger partial charge on any atom is -0.338 e. The van der Waals surface area contributed by atoms with Crippen molar-refractivity contribution in [2.45, 2.75) is 51.1 Å². The molecule has 0 radical (unpaired) electrons. The maximum absolute atomic E-state index is 12.7. The molecule has 1 N–H and O–H groups in total. The topological polar surface area (TPSA) is 75.9 Å². The third-order valence-electron chi connectivity index (χ3n) is 4.74. The van der Waals surface area contributed by atoms with Gasteiger partial charge < -0.3 is 10.2 Å². The molecule has 2 aliphatic heterocycles. The van der Waals surface area contributed by atoms with Crippen molar-refractivity contribution < 1.29 is 4.79 Å². The van der Waals surface area contributed by atoms with E-state index < -0.39 is 0 Å². The van der Waals surface area contributed by atoms with Gasteiger partial charge in [-0.05, 0) is 55.1 Å². The van der Waals surface area contributed by atoms with E-state index in [2.05, 4.69) is 25.7 Å². The summed E-state index contributed by atoms with van der Waals surface area (Å²) < 4.78 is 1.52. The van der Waals surface area contributed by atoms with Crippen molar-refractivity contribution in [1.82, 2.24) is 30.4 Å². The zero-order valence-corrected chi connectivity index (χ0v) is 12.4. The first-order valence-corrected chi connectivity index (χ1v) is 8.05. The largest absolute Gasteiger partial charge is 0.338 e. The van der Waals surface area contributed by atoms with Crippen LogP contribution < -0.4 is 5.32 Å². The lowest BCUT2D eigenvalue weighted by atomic mass is 9.87. The van der Waals surface area contributed by atoms with Crippen LogP contribution in [0.4, 0.5) is 0 Å². The molecule has 1 atom stereocenters. The molecule has 2 saturated heterocycles. The van der Waals surface area contributed by atoms with Gasteiger partial charge in [0.2, 0.25) is 5.91 Å². The van der Waals surface area contributed by atoms with Gasteiger partial charge in [0, 0.05) is 12.6 Å². The van der Waals surface area contributed by atoms with Crippen molar-refractivity contribution in [2.24, 2.45) is 5.92 Å². The van der Waals surface area contributed by atoms with Crippen LogP contribution in [0.1, 0.15) is 38.5 Å². The minimum absolute atomic E-state index is 0.160. The molecule has 1 aromatic rings. The molecule has 21 heavy (non-hydrogen) atoms. The summed E-state index contributed by atoms with van der Waals surface area (Å²) in [5.74, 6) is 0.801. The maximum atomic E-state index is 12.7. The normalized spacial score (nSPS) is 24.8. The molecule has 2 aliphatic rings. The number of aromatic nitrogens is 4. The summed E-state index contributed by atoms with van der Waals surface area (Å²) in [6.45, 7) is 3.30. The summed E-state index contributed by atoms with van der Waals surface area (Å²) in [6, 6.07) is 0.401. The Morgan fingerprint density at radius 1 is 1.19 bits per heavy atom. The van der Waals surface area contributed by atoms with Crippen molar-refractivity contribution in [1.29, 1.82) is 0 Å². The van der Waals surface area contributed by atoms with Crippen LogP contribution in [0.15, 0.2) is 6.33 Å². The van der Waals surface area contributed by atoms with E-state index in [1.807, 2.05) is 0 Å². The Morgan fingerprint density at radius 2 is 2.05 bits per heavy atom. The van der Waals surface area contributed by atoms with Crippen LogP contribution in [0.3, 0.4) is 0 Å². The molecule has 7 nitrogen and oxygen atoms in total. The third kappa shape index (κ3) is 3.58. The van der Waals surface area contributed by atoms with Crippen LogP contribution >= 0.6 is 0 Å². The summed E-state index contributed by atoms with van der Waals surface area (Å²) in [7, 11) is 0. The number of nitrogens with one attached hydrogen (secondary N) is 1. The first-order chi connectivity index (χ1) is 10.3. The van der Waals surface area contributed by atoms with Gasteiger partial charge in [-0.25, -0.2) is 4.68 Å². The summed E-state index contributed by atoms with van der Waals surface area (Å²) in [4.78, 5) is 14.8. The molecule has 116 valence electrons. The Labute approximate surface area is 125 Å². The Morgan fingerprint density at radius 3 is 2.81 bits per heavy atom. The Balaban J connectivity index is 1.69. The van der Waals surface area contributed by atoms with Gasteiger partial charge in [0.15, 0.2) is 0 Å². The first kappa shape index (κ1) is 14.4. The van der Waals surface area contributed by atoms with E-state index >= 15 is 0 Å². The standard InChI is InChI=1S/C14H24N6O/c21-14(10-19-11-16-17-18-19)20-9-3-1-2-4-13(20)12-5-7-15-8-6-12/h11-13,15H,1-10H2. The third-order valence-corrected chi connectivity index (χ3v) is 4.74. The van der Waals surface area contributed by atoms with Crippen LogP contribution in [0.2, 0.25) is 0 Å². The summed E-state index contributed by atoms with van der Waals surface area (Å²) >= 11 is 0. The number of tetrazole rings is 1. The number of rotatable bonds is 3. The van der Waals surface area contributed by atoms with Crippen molar-refractivity contribution in [3.63, 3.8) is 0 Å². The van der Waals surface area contributed by atoms with Crippen LogP contribution in [0.25, 0.3) is 0 Å². The summed E-state index contributed by atoms with van der Waals surface area (Å²) in [6.07, 6.45) is 8.60. The van der Waals surface area contributed by atoms with Crippen LogP contribution in [0, 0.1) is 5.92 Å². The number of carbonyl (C=O) groups excluding carboxylic acids is 1. The SMILES string of the molecule is O=C(Cn1cnnn1)N1CCCCCC1C1CCNCC1. The van der Waals surface area contributed by atoms with Gasteiger partial charge in [0.25, 0.3) is 0 Å². The molecular formula is C14H24N6O. The number of hydrogen-bond acceptors (Lipinski definition) is 5. The van der Waals surface area contributed by atoms with Crippen molar-refractivity contribution >= 4 is 5.91 Å². The number of likely N-dealkylation sites (tertiary alicyclic amines) is 1.